The molecule has 1 saturated heterocycles. The van der Waals surface area contributed by atoms with Crippen LogP contribution in [0.1, 0.15) is 55.7 Å². The Labute approximate surface area is 225 Å². The second-order valence-corrected chi connectivity index (χ2v) is 10.5. The summed E-state index contributed by atoms with van der Waals surface area (Å²) in [6.07, 6.45) is 16.4. The number of nitrogens with one attached hydrogen (secondary N) is 1. The number of carbonyl (C=O) groups is 2. The fourth-order valence-electron chi connectivity index (χ4n) is 5.36. The average molecular weight is 518 g/mol. The highest BCUT2D eigenvalue weighted by Crippen LogP contribution is 2.24. The predicted octanol–water partition coefficient (Wildman–Crippen LogP) is 4.74. The summed E-state index contributed by atoms with van der Waals surface area (Å²) in [6.45, 7) is 7.93. The molecule has 1 aromatic carbocycles. The first kappa shape index (κ1) is 27.6. The van der Waals surface area contributed by atoms with Crippen LogP contribution in [-0.4, -0.2) is 54.4 Å². The Bertz CT molecular complexity index is 1160. The first-order chi connectivity index (χ1) is 18.4. The molecule has 7 nitrogen and oxygen atoms in total. The number of ether oxygens (including phenoxy) is 1. The Morgan fingerprint density at radius 3 is 2.68 bits per heavy atom. The van der Waals surface area contributed by atoms with Crippen LogP contribution in [0.3, 0.4) is 0 Å². The molecule has 4 rings (SSSR count). The summed E-state index contributed by atoms with van der Waals surface area (Å²) >= 11 is 0. The summed E-state index contributed by atoms with van der Waals surface area (Å²) in [6, 6.07) is 6.45. The first-order valence-electron chi connectivity index (χ1n) is 13.6. The van der Waals surface area contributed by atoms with Crippen LogP contribution in [0.5, 0.6) is 0 Å². The van der Waals surface area contributed by atoms with E-state index in [9.17, 15) is 14.7 Å². The molecule has 2 aliphatic carbocycles. The van der Waals surface area contributed by atoms with E-state index in [-0.39, 0.29) is 12.0 Å². The Balaban J connectivity index is 1.22. The third-order valence-electron chi connectivity index (χ3n) is 7.56. The summed E-state index contributed by atoms with van der Waals surface area (Å²) in [5.74, 6) is 0.311. The summed E-state index contributed by atoms with van der Waals surface area (Å²) < 4.78 is 6.00. The lowest BCUT2D eigenvalue weighted by Gasteiger charge is -2.34. The molecular weight excluding hydrogens is 478 g/mol. The van der Waals surface area contributed by atoms with E-state index in [4.69, 9.17) is 4.74 Å². The van der Waals surface area contributed by atoms with Gasteiger partial charge in [-0.1, -0.05) is 36.4 Å². The predicted molar refractivity (Wildman–Crippen MR) is 150 cm³/mol. The zero-order chi connectivity index (χ0) is 26.9. The molecule has 0 saturated carbocycles. The number of benzene rings is 1. The van der Waals surface area contributed by atoms with Crippen molar-refractivity contribution in [2.24, 2.45) is 10.9 Å². The van der Waals surface area contributed by atoms with Gasteiger partial charge in [0.15, 0.2) is 0 Å². The van der Waals surface area contributed by atoms with Crippen molar-refractivity contribution in [3.63, 3.8) is 0 Å². The molecule has 202 valence electrons. The third-order valence-corrected chi connectivity index (χ3v) is 7.56. The number of fused-ring (bicyclic) bond motifs is 1. The number of hydrogen-bond donors (Lipinski definition) is 2. The number of hydrogen-bond acceptors (Lipinski definition) is 5. The van der Waals surface area contributed by atoms with Crippen molar-refractivity contribution >= 4 is 18.6 Å². The molecule has 1 aromatic rings. The molecule has 0 aromatic heterocycles. The van der Waals surface area contributed by atoms with Gasteiger partial charge in [-0.15, -0.1) is 0 Å². The van der Waals surface area contributed by atoms with Gasteiger partial charge in [0.2, 0.25) is 5.91 Å². The molecule has 2 N–H and O–H groups in total. The fourth-order valence-corrected chi connectivity index (χ4v) is 5.36. The van der Waals surface area contributed by atoms with Crippen LogP contribution in [0, 0.1) is 5.92 Å². The third kappa shape index (κ3) is 7.78. The van der Waals surface area contributed by atoms with Crippen LogP contribution in [0.4, 0.5) is 0 Å². The molecule has 1 aliphatic heterocycles. The second-order valence-electron chi connectivity index (χ2n) is 10.5. The number of amides is 1. The topological polar surface area (TPSA) is 91.2 Å². The number of rotatable bonds is 10. The van der Waals surface area contributed by atoms with Crippen LogP contribution in [-0.2, 0) is 33.6 Å². The van der Waals surface area contributed by atoms with Crippen molar-refractivity contribution < 1.29 is 19.4 Å². The van der Waals surface area contributed by atoms with Gasteiger partial charge in [-0.05, 0) is 86.9 Å². The lowest BCUT2D eigenvalue weighted by molar-refractivity contribution is -0.133. The van der Waals surface area contributed by atoms with Gasteiger partial charge < -0.3 is 20.1 Å². The van der Waals surface area contributed by atoms with E-state index in [2.05, 4.69) is 40.1 Å². The van der Waals surface area contributed by atoms with Crippen molar-refractivity contribution in [2.45, 2.75) is 64.4 Å². The van der Waals surface area contributed by atoms with E-state index in [1.165, 1.54) is 24.0 Å². The monoisotopic (exact) mass is 517 g/mol. The van der Waals surface area contributed by atoms with Crippen LogP contribution in [0.2, 0.25) is 0 Å². The lowest BCUT2D eigenvalue weighted by Crippen LogP contribution is -2.34. The van der Waals surface area contributed by atoms with E-state index in [1.54, 1.807) is 12.2 Å². The molecule has 0 bridgehead atoms. The van der Waals surface area contributed by atoms with E-state index >= 15 is 0 Å². The molecule has 0 radical (unpaired) electrons. The summed E-state index contributed by atoms with van der Waals surface area (Å²) in [5.41, 5.74) is 5.04. The number of aryl methyl sites for hydroxylation is 2. The number of aliphatic imine (C=N–C) groups is 1. The van der Waals surface area contributed by atoms with Gasteiger partial charge in [-0.3, -0.25) is 4.79 Å². The van der Waals surface area contributed by atoms with Crippen molar-refractivity contribution in [1.82, 2.24) is 10.2 Å². The maximum Gasteiger partial charge on any atom is 0.331 e. The highest BCUT2D eigenvalue weighted by Gasteiger charge is 2.23. The maximum absolute atomic E-state index is 12.6. The van der Waals surface area contributed by atoms with Gasteiger partial charge in [0.25, 0.3) is 0 Å². The Morgan fingerprint density at radius 2 is 1.95 bits per heavy atom. The molecule has 3 aliphatic rings. The van der Waals surface area contributed by atoms with E-state index in [0.29, 0.717) is 30.9 Å². The average Bonchev–Trinajstić information content (AvgIpc) is 2.93. The van der Waals surface area contributed by atoms with Crippen LogP contribution >= 0.6 is 0 Å². The highest BCUT2D eigenvalue weighted by molar-refractivity contribution is 5.87. The number of piperidine rings is 1. The SMILES string of the molecule is C=NC(=CC=C(C)NC(=O)Cc1ccc2c(c1)CCCC2)N1CCC(COC2C=CC=C(C(=O)O)C2)CC1. The van der Waals surface area contributed by atoms with Gasteiger partial charge in [-0.2, -0.15) is 0 Å². The van der Waals surface area contributed by atoms with E-state index in [0.717, 1.165) is 55.9 Å². The maximum atomic E-state index is 12.6. The van der Waals surface area contributed by atoms with Gasteiger partial charge in [0, 0.05) is 30.8 Å². The minimum absolute atomic E-state index is 0.0180. The molecule has 38 heavy (non-hydrogen) atoms. The number of carboxylic acids is 1. The molecule has 1 atom stereocenters. The Hall–Kier alpha value is -3.45. The van der Waals surface area contributed by atoms with E-state index in [1.807, 2.05) is 25.2 Å². The normalized spacial score (nSPS) is 20.5. The lowest BCUT2D eigenvalue weighted by atomic mass is 9.90. The number of carboxylic acid groups (broad SMARTS) is 1. The van der Waals surface area contributed by atoms with E-state index < -0.39 is 5.97 Å². The molecule has 1 unspecified atom stereocenters. The number of likely N-dealkylation sites (tertiary alicyclic amines) is 1. The molecular formula is C31H39N3O4. The van der Waals surface area contributed by atoms with Crippen LogP contribution in [0.15, 0.2) is 70.7 Å². The zero-order valence-corrected chi connectivity index (χ0v) is 22.3. The first-order valence-corrected chi connectivity index (χ1v) is 13.6. The number of aliphatic carboxylic acids is 1. The second kappa shape index (κ2) is 13.4. The minimum atomic E-state index is -0.884. The van der Waals surface area contributed by atoms with Crippen molar-refractivity contribution in [3.05, 3.63) is 82.4 Å². The van der Waals surface area contributed by atoms with Gasteiger partial charge in [0.05, 0.1) is 19.1 Å². The summed E-state index contributed by atoms with van der Waals surface area (Å²) in [4.78, 5) is 30.2. The standard InChI is InChI=1S/C31H39N3O4/c1-22(33-30(35)19-24-11-12-25-6-3-4-7-26(25)18-24)10-13-29(32-2)34-16-14-23(15-17-34)21-38-28-9-5-8-27(20-28)31(36)37/h5,8-13,18,23,28H,2-4,6-7,14-17,19-21H2,1H3,(H,33,35)(H,36,37). The minimum Gasteiger partial charge on any atom is -0.478 e. The largest absolute Gasteiger partial charge is 0.478 e. The smallest absolute Gasteiger partial charge is 0.331 e. The van der Waals surface area contributed by atoms with Gasteiger partial charge in [-0.25, -0.2) is 9.79 Å². The number of nitrogens with zero attached hydrogens (tertiary/aromatic N) is 2. The molecule has 1 fully saturated rings. The number of carbonyl (C=O) groups excluding carboxylic acids is 1. The Morgan fingerprint density at radius 1 is 1.18 bits per heavy atom. The molecule has 7 heteroatoms. The van der Waals surface area contributed by atoms with Gasteiger partial charge >= 0.3 is 5.97 Å². The highest BCUT2D eigenvalue weighted by atomic mass is 16.5. The van der Waals surface area contributed by atoms with Crippen molar-refractivity contribution in [1.29, 1.82) is 0 Å². The number of allylic oxidation sites excluding steroid dienone is 5. The van der Waals surface area contributed by atoms with Crippen molar-refractivity contribution in [2.75, 3.05) is 19.7 Å². The Kier molecular flexibility index (Phi) is 9.71. The fraction of sp³-hybridized carbons (Fsp3) is 0.452. The summed E-state index contributed by atoms with van der Waals surface area (Å²) in [5, 5.41) is 12.2. The zero-order valence-electron chi connectivity index (χ0n) is 22.3. The molecule has 0 spiro atoms. The quantitative estimate of drug-likeness (QED) is 0.346. The molecule has 1 heterocycles. The summed E-state index contributed by atoms with van der Waals surface area (Å²) in [7, 11) is 0. The van der Waals surface area contributed by atoms with Crippen molar-refractivity contribution in [3.8, 4) is 0 Å². The molecule has 1 amide bonds. The van der Waals surface area contributed by atoms with Gasteiger partial charge in [0.1, 0.15) is 5.82 Å². The van der Waals surface area contributed by atoms with Crippen LogP contribution in [0.25, 0.3) is 0 Å². The van der Waals surface area contributed by atoms with Crippen LogP contribution < -0.4 is 5.32 Å².